The summed E-state index contributed by atoms with van der Waals surface area (Å²) in [7, 11) is 1.93. The molecule has 2 rings (SSSR count). The van der Waals surface area contributed by atoms with Crippen molar-refractivity contribution >= 4 is 11.6 Å². The maximum atomic E-state index is 6.31. The molecule has 1 atom stereocenters. The van der Waals surface area contributed by atoms with Crippen LogP contribution in [0, 0.1) is 5.92 Å². The van der Waals surface area contributed by atoms with E-state index in [0.29, 0.717) is 11.8 Å². The van der Waals surface area contributed by atoms with Gasteiger partial charge in [-0.3, -0.25) is 4.68 Å². The van der Waals surface area contributed by atoms with Crippen LogP contribution in [0.5, 0.6) is 0 Å². The number of nitrogens with zero attached hydrogens (tertiary/aromatic N) is 2. The lowest BCUT2D eigenvalue weighted by Gasteiger charge is -2.18. The fraction of sp³-hybridized carbons (Fsp3) is 0.400. The zero-order valence-electron chi connectivity index (χ0n) is 11.3. The lowest BCUT2D eigenvalue weighted by Crippen LogP contribution is -2.02. The van der Waals surface area contributed by atoms with Gasteiger partial charge in [0.25, 0.3) is 0 Å². The number of halogens is 1. The Bertz CT molecular complexity index is 543. The topological polar surface area (TPSA) is 17.8 Å². The molecule has 0 saturated carbocycles. The Morgan fingerprint density at radius 1 is 1.17 bits per heavy atom. The van der Waals surface area contributed by atoms with Crippen molar-refractivity contribution < 1.29 is 0 Å². The fourth-order valence-corrected chi connectivity index (χ4v) is 2.29. The molecule has 2 aromatic rings. The van der Waals surface area contributed by atoms with Crippen LogP contribution in [0.25, 0.3) is 11.1 Å². The maximum Gasteiger partial charge on any atom is 0.0568 e. The molecule has 3 heteroatoms. The van der Waals surface area contributed by atoms with Crippen LogP contribution in [0.15, 0.2) is 30.6 Å². The SMILES string of the molecule is CC(C)C(C)c1cc(-c2cnn(C)c2)ccc1Cl. The van der Waals surface area contributed by atoms with Crippen LogP contribution in [-0.4, -0.2) is 9.78 Å². The minimum atomic E-state index is 0.453. The summed E-state index contributed by atoms with van der Waals surface area (Å²) in [5, 5.41) is 5.06. The normalized spacial score (nSPS) is 13.0. The van der Waals surface area contributed by atoms with Crippen molar-refractivity contribution in [2.45, 2.75) is 26.7 Å². The lowest BCUT2D eigenvalue weighted by molar-refractivity contribution is 0.535. The minimum absolute atomic E-state index is 0.453. The van der Waals surface area contributed by atoms with Gasteiger partial charge in [0.1, 0.15) is 0 Å². The summed E-state index contributed by atoms with van der Waals surface area (Å²) in [4.78, 5) is 0. The van der Waals surface area contributed by atoms with Crippen LogP contribution in [-0.2, 0) is 7.05 Å². The Morgan fingerprint density at radius 2 is 1.89 bits per heavy atom. The number of rotatable bonds is 3. The summed E-state index contributed by atoms with van der Waals surface area (Å²) < 4.78 is 1.81. The molecule has 2 nitrogen and oxygen atoms in total. The first-order valence-electron chi connectivity index (χ1n) is 6.27. The number of aromatic nitrogens is 2. The average molecular weight is 263 g/mol. The molecule has 0 spiro atoms. The maximum absolute atomic E-state index is 6.31. The van der Waals surface area contributed by atoms with Crippen molar-refractivity contribution in [3.05, 3.63) is 41.2 Å². The first kappa shape index (κ1) is 13.2. The van der Waals surface area contributed by atoms with Crippen molar-refractivity contribution in [3.8, 4) is 11.1 Å². The smallest absolute Gasteiger partial charge is 0.0568 e. The van der Waals surface area contributed by atoms with E-state index in [1.807, 2.05) is 30.2 Å². The Balaban J connectivity index is 2.43. The van der Waals surface area contributed by atoms with E-state index in [2.05, 4.69) is 38.0 Å². The quantitative estimate of drug-likeness (QED) is 0.796. The van der Waals surface area contributed by atoms with Crippen molar-refractivity contribution in [1.82, 2.24) is 9.78 Å². The second kappa shape index (κ2) is 5.15. The highest BCUT2D eigenvalue weighted by Crippen LogP contribution is 2.33. The van der Waals surface area contributed by atoms with E-state index >= 15 is 0 Å². The van der Waals surface area contributed by atoms with Crippen LogP contribution in [0.1, 0.15) is 32.3 Å². The first-order valence-corrected chi connectivity index (χ1v) is 6.65. The highest BCUT2D eigenvalue weighted by atomic mass is 35.5. The van der Waals surface area contributed by atoms with E-state index in [0.717, 1.165) is 10.6 Å². The molecule has 1 aromatic carbocycles. The van der Waals surface area contributed by atoms with E-state index in [9.17, 15) is 0 Å². The summed E-state index contributed by atoms with van der Waals surface area (Å²) >= 11 is 6.31. The molecule has 0 N–H and O–H groups in total. The van der Waals surface area contributed by atoms with Crippen LogP contribution in [0.2, 0.25) is 5.02 Å². The second-order valence-electron chi connectivity index (χ2n) is 5.17. The zero-order valence-corrected chi connectivity index (χ0v) is 12.1. The van der Waals surface area contributed by atoms with Crippen molar-refractivity contribution in [2.24, 2.45) is 13.0 Å². The molecular formula is C15H19ClN2. The molecule has 18 heavy (non-hydrogen) atoms. The summed E-state index contributed by atoms with van der Waals surface area (Å²) in [6, 6.07) is 6.22. The Kier molecular flexibility index (Phi) is 3.76. The molecule has 0 saturated heterocycles. The van der Waals surface area contributed by atoms with Crippen molar-refractivity contribution in [2.75, 3.05) is 0 Å². The molecular weight excluding hydrogens is 244 g/mol. The van der Waals surface area contributed by atoms with Gasteiger partial charge in [-0.2, -0.15) is 5.10 Å². The molecule has 0 fully saturated rings. The molecule has 0 amide bonds. The van der Waals surface area contributed by atoms with Gasteiger partial charge in [0.15, 0.2) is 0 Å². The third-order valence-corrected chi connectivity index (χ3v) is 3.87. The average Bonchev–Trinajstić information content (AvgIpc) is 2.75. The second-order valence-corrected chi connectivity index (χ2v) is 5.58. The van der Waals surface area contributed by atoms with Crippen LogP contribution < -0.4 is 0 Å². The van der Waals surface area contributed by atoms with E-state index in [-0.39, 0.29) is 0 Å². The van der Waals surface area contributed by atoms with Gasteiger partial charge < -0.3 is 0 Å². The third-order valence-electron chi connectivity index (χ3n) is 3.52. The van der Waals surface area contributed by atoms with Crippen LogP contribution in [0.3, 0.4) is 0 Å². The van der Waals surface area contributed by atoms with Gasteiger partial charge >= 0.3 is 0 Å². The van der Waals surface area contributed by atoms with Crippen molar-refractivity contribution in [1.29, 1.82) is 0 Å². The first-order chi connectivity index (χ1) is 8.49. The third kappa shape index (κ3) is 2.59. The highest BCUT2D eigenvalue weighted by Gasteiger charge is 2.14. The monoisotopic (exact) mass is 262 g/mol. The minimum Gasteiger partial charge on any atom is -0.275 e. The predicted molar refractivity (Wildman–Crippen MR) is 76.9 cm³/mol. The van der Waals surface area contributed by atoms with Crippen molar-refractivity contribution in [3.63, 3.8) is 0 Å². The molecule has 1 heterocycles. The molecule has 0 aliphatic heterocycles. The Labute approximate surface area is 114 Å². The Morgan fingerprint density at radius 3 is 2.44 bits per heavy atom. The van der Waals surface area contributed by atoms with Crippen LogP contribution >= 0.6 is 11.6 Å². The molecule has 0 radical (unpaired) electrons. The van der Waals surface area contributed by atoms with Gasteiger partial charge in [0, 0.05) is 23.8 Å². The van der Waals surface area contributed by atoms with Gasteiger partial charge in [0.05, 0.1) is 6.20 Å². The molecule has 1 aromatic heterocycles. The fourth-order valence-electron chi connectivity index (χ4n) is 2.00. The van der Waals surface area contributed by atoms with Gasteiger partial charge in [-0.25, -0.2) is 0 Å². The molecule has 0 aliphatic rings. The number of hydrogen-bond acceptors (Lipinski definition) is 1. The van der Waals surface area contributed by atoms with Gasteiger partial charge in [-0.05, 0) is 35.1 Å². The number of aryl methyl sites for hydroxylation is 1. The van der Waals surface area contributed by atoms with Gasteiger partial charge in [-0.1, -0.05) is 38.4 Å². The summed E-state index contributed by atoms with van der Waals surface area (Å²) in [5.74, 6) is 1.03. The van der Waals surface area contributed by atoms with Crippen LogP contribution in [0.4, 0.5) is 0 Å². The standard InChI is InChI=1S/C15H19ClN2/c1-10(2)11(3)14-7-12(5-6-15(14)16)13-8-17-18(4)9-13/h5-11H,1-4H3. The van der Waals surface area contributed by atoms with E-state index in [4.69, 9.17) is 11.6 Å². The molecule has 96 valence electrons. The molecule has 0 bridgehead atoms. The lowest BCUT2D eigenvalue weighted by atomic mass is 9.89. The molecule has 0 aliphatic carbocycles. The zero-order chi connectivity index (χ0) is 13.3. The van der Waals surface area contributed by atoms with E-state index < -0.39 is 0 Å². The van der Waals surface area contributed by atoms with Gasteiger partial charge in [-0.15, -0.1) is 0 Å². The largest absolute Gasteiger partial charge is 0.275 e. The van der Waals surface area contributed by atoms with E-state index in [1.54, 1.807) is 0 Å². The Hall–Kier alpha value is -1.28. The summed E-state index contributed by atoms with van der Waals surface area (Å²) in [6.07, 6.45) is 3.90. The van der Waals surface area contributed by atoms with Gasteiger partial charge in [0.2, 0.25) is 0 Å². The highest BCUT2D eigenvalue weighted by molar-refractivity contribution is 6.31. The summed E-state index contributed by atoms with van der Waals surface area (Å²) in [6.45, 7) is 6.66. The van der Waals surface area contributed by atoms with E-state index in [1.165, 1.54) is 11.1 Å². The predicted octanol–water partition coefficient (Wildman–Crippen LogP) is 4.50. The number of benzene rings is 1. The summed E-state index contributed by atoms with van der Waals surface area (Å²) in [5.41, 5.74) is 3.52. The molecule has 1 unspecified atom stereocenters. The number of hydrogen-bond donors (Lipinski definition) is 0.